The molecule has 0 atom stereocenters. The number of ketones is 1. The van der Waals surface area contributed by atoms with Gasteiger partial charge in [0.15, 0.2) is 5.60 Å². The molecule has 0 aliphatic rings. The molecule has 0 amide bonds. The summed E-state index contributed by atoms with van der Waals surface area (Å²) in [7, 11) is 0. The molecule has 0 bridgehead atoms. The van der Waals surface area contributed by atoms with E-state index in [1.54, 1.807) is 58.9 Å². The third-order valence-electron chi connectivity index (χ3n) is 2.54. The molecule has 0 N–H and O–H groups in total. The summed E-state index contributed by atoms with van der Waals surface area (Å²) in [6, 6.07) is 8.85. The molecule has 0 aliphatic carbocycles. The Hall–Kier alpha value is -1.64. The van der Waals surface area contributed by atoms with Crippen LogP contribution in [0.25, 0.3) is 0 Å². The van der Waals surface area contributed by atoms with E-state index >= 15 is 0 Å². The van der Waals surface area contributed by atoms with Gasteiger partial charge in [-0.1, -0.05) is 30.3 Å². The van der Waals surface area contributed by atoms with E-state index in [4.69, 9.17) is 4.74 Å². The Labute approximate surface area is 108 Å². The molecule has 0 saturated heterocycles. The maximum Gasteiger partial charge on any atom is 0.312 e. The summed E-state index contributed by atoms with van der Waals surface area (Å²) >= 11 is 0. The Morgan fingerprint density at radius 1 is 0.944 bits per heavy atom. The van der Waals surface area contributed by atoms with Gasteiger partial charge in [0.2, 0.25) is 5.78 Å². The average molecular weight is 248 g/mol. The largest absolute Gasteiger partial charge is 0.451 e. The zero-order valence-corrected chi connectivity index (χ0v) is 11.6. The third-order valence-corrected chi connectivity index (χ3v) is 2.54. The number of rotatable bonds is 3. The Balaban J connectivity index is 2.88. The second kappa shape index (κ2) is 4.92. The lowest BCUT2D eigenvalue weighted by atomic mass is 9.94. The van der Waals surface area contributed by atoms with Crippen molar-refractivity contribution >= 4 is 11.8 Å². The minimum atomic E-state index is -1.15. The summed E-state index contributed by atoms with van der Waals surface area (Å²) in [4.78, 5) is 24.1. The van der Waals surface area contributed by atoms with Gasteiger partial charge in [0.1, 0.15) is 0 Å². The number of Topliss-reactive ketones (excluding diaryl/α,β-unsaturated/α-hetero) is 1. The van der Waals surface area contributed by atoms with Crippen LogP contribution in [-0.2, 0) is 9.53 Å². The zero-order chi connectivity index (χ0) is 14.0. The van der Waals surface area contributed by atoms with Crippen LogP contribution in [0.2, 0.25) is 0 Å². The fourth-order valence-corrected chi connectivity index (χ4v) is 1.37. The van der Waals surface area contributed by atoms with Crippen LogP contribution < -0.4 is 0 Å². The maximum absolute atomic E-state index is 12.3. The van der Waals surface area contributed by atoms with E-state index in [0.717, 1.165) is 0 Å². The second-order valence-corrected chi connectivity index (χ2v) is 5.84. The van der Waals surface area contributed by atoms with Crippen LogP contribution >= 0.6 is 0 Å². The first-order chi connectivity index (χ1) is 8.14. The smallest absolute Gasteiger partial charge is 0.312 e. The lowest BCUT2D eigenvalue weighted by Crippen LogP contribution is -2.40. The van der Waals surface area contributed by atoms with Crippen molar-refractivity contribution in [2.24, 2.45) is 5.41 Å². The van der Waals surface area contributed by atoms with E-state index in [1.807, 2.05) is 6.07 Å². The summed E-state index contributed by atoms with van der Waals surface area (Å²) in [5.41, 5.74) is -1.22. The second-order valence-electron chi connectivity index (χ2n) is 5.84. The highest BCUT2D eigenvalue weighted by Gasteiger charge is 2.36. The third kappa shape index (κ3) is 3.42. The fraction of sp³-hybridized carbons (Fsp3) is 0.467. The summed E-state index contributed by atoms with van der Waals surface area (Å²) in [5, 5.41) is 0. The van der Waals surface area contributed by atoms with Gasteiger partial charge in [-0.3, -0.25) is 9.59 Å². The minimum Gasteiger partial charge on any atom is -0.451 e. The predicted octanol–water partition coefficient (Wildman–Crippen LogP) is 3.24. The summed E-state index contributed by atoms with van der Waals surface area (Å²) in [6.07, 6.45) is 0. The SMILES string of the molecule is CC(C)(C)C(=O)OC(C)(C)C(=O)c1ccccc1. The van der Waals surface area contributed by atoms with Gasteiger partial charge in [0.25, 0.3) is 0 Å². The molecule has 1 rings (SSSR count). The van der Waals surface area contributed by atoms with Crippen LogP contribution in [-0.4, -0.2) is 17.4 Å². The fourth-order valence-electron chi connectivity index (χ4n) is 1.37. The highest BCUT2D eigenvalue weighted by molar-refractivity contribution is 6.03. The molecule has 0 saturated carbocycles. The van der Waals surface area contributed by atoms with Crippen LogP contribution in [0.3, 0.4) is 0 Å². The van der Waals surface area contributed by atoms with Crippen LogP contribution in [0.4, 0.5) is 0 Å². The van der Waals surface area contributed by atoms with Gasteiger partial charge < -0.3 is 4.74 Å². The Kier molecular flexibility index (Phi) is 3.95. The molecule has 1 aromatic carbocycles. The van der Waals surface area contributed by atoms with Crippen molar-refractivity contribution in [1.29, 1.82) is 0 Å². The number of esters is 1. The van der Waals surface area contributed by atoms with Gasteiger partial charge in [0, 0.05) is 5.56 Å². The van der Waals surface area contributed by atoms with Crippen LogP contribution in [0.5, 0.6) is 0 Å². The molecule has 0 heterocycles. The van der Waals surface area contributed by atoms with Crippen molar-refractivity contribution in [2.75, 3.05) is 0 Å². The van der Waals surface area contributed by atoms with Crippen molar-refractivity contribution in [3.8, 4) is 0 Å². The first kappa shape index (κ1) is 14.4. The van der Waals surface area contributed by atoms with Crippen molar-refractivity contribution < 1.29 is 14.3 Å². The molecule has 18 heavy (non-hydrogen) atoms. The molecular formula is C15H20O3. The minimum absolute atomic E-state index is 0.194. The maximum atomic E-state index is 12.3. The van der Waals surface area contributed by atoms with Crippen molar-refractivity contribution in [1.82, 2.24) is 0 Å². The van der Waals surface area contributed by atoms with E-state index in [9.17, 15) is 9.59 Å². The number of carbonyl (C=O) groups is 2. The van der Waals surface area contributed by atoms with Gasteiger partial charge in [-0.15, -0.1) is 0 Å². The summed E-state index contributed by atoms with van der Waals surface area (Å²) in [6.45, 7) is 8.52. The van der Waals surface area contributed by atoms with Crippen molar-refractivity contribution in [2.45, 2.75) is 40.2 Å². The molecule has 0 aromatic heterocycles. The highest BCUT2D eigenvalue weighted by Crippen LogP contribution is 2.23. The van der Waals surface area contributed by atoms with Crippen LogP contribution in [0.15, 0.2) is 30.3 Å². The van der Waals surface area contributed by atoms with E-state index < -0.39 is 11.0 Å². The lowest BCUT2D eigenvalue weighted by Gasteiger charge is -2.28. The number of benzene rings is 1. The molecule has 0 fully saturated rings. The van der Waals surface area contributed by atoms with E-state index in [0.29, 0.717) is 5.56 Å². The Bertz CT molecular complexity index is 439. The molecule has 98 valence electrons. The topological polar surface area (TPSA) is 43.4 Å². The normalized spacial score (nSPS) is 12.1. The van der Waals surface area contributed by atoms with Gasteiger partial charge in [-0.05, 0) is 34.6 Å². The highest BCUT2D eigenvalue weighted by atomic mass is 16.6. The number of hydrogen-bond donors (Lipinski definition) is 0. The molecule has 0 aliphatic heterocycles. The van der Waals surface area contributed by atoms with Gasteiger partial charge >= 0.3 is 5.97 Å². The van der Waals surface area contributed by atoms with E-state index in [2.05, 4.69) is 0 Å². The van der Waals surface area contributed by atoms with Gasteiger partial charge in [-0.2, -0.15) is 0 Å². The van der Waals surface area contributed by atoms with Crippen molar-refractivity contribution in [3.63, 3.8) is 0 Å². The standard InChI is InChI=1S/C15H20O3/c1-14(2,3)13(17)18-15(4,5)12(16)11-9-7-6-8-10-11/h6-10H,1-5H3. The molecule has 3 heteroatoms. The summed E-state index contributed by atoms with van der Waals surface area (Å²) in [5.74, 6) is -0.572. The van der Waals surface area contributed by atoms with Gasteiger partial charge in [-0.25, -0.2) is 0 Å². The Morgan fingerprint density at radius 3 is 1.89 bits per heavy atom. The Morgan fingerprint density at radius 2 is 1.44 bits per heavy atom. The molecule has 0 radical (unpaired) electrons. The van der Waals surface area contributed by atoms with Crippen molar-refractivity contribution in [3.05, 3.63) is 35.9 Å². The molecular weight excluding hydrogens is 228 g/mol. The van der Waals surface area contributed by atoms with Gasteiger partial charge in [0.05, 0.1) is 5.41 Å². The van der Waals surface area contributed by atoms with E-state index in [1.165, 1.54) is 0 Å². The molecule has 1 aromatic rings. The van der Waals surface area contributed by atoms with Crippen LogP contribution in [0.1, 0.15) is 45.0 Å². The first-order valence-corrected chi connectivity index (χ1v) is 5.98. The number of hydrogen-bond acceptors (Lipinski definition) is 3. The monoisotopic (exact) mass is 248 g/mol. The lowest BCUT2D eigenvalue weighted by molar-refractivity contribution is -0.162. The average Bonchev–Trinajstić information content (AvgIpc) is 2.27. The zero-order valence-electron chi connectivity index (χ0n) is 11.6. The molecule has 0 unspecified atom stereocenters. The van der Waals surface area contributed by atoms with E-state index in [-0.39, 0.29) is 11.8 Å². The number of ether oxygens (including phenoxy) is 1. The summed E-state index contributed by atoms with van der Waals surface area (Å²) < 4.78 is 5.33. The predicted molar refractivity (Wildman–Crippen MR) is 70.4 cm³/mol. The number of carbonyl (C=O) groups excluding carboxylic acids is 2. The quantitative estimate of drug-likeness (QED) is 0.609. The first-order valence-electron chi connectivity index (χ1n) is 5.98. The molecule has 0 spiro atoms. The molecule has 3 nitrogen and oxygen atoms in total. The van der Waals surface area contributed by atoms with Crippen LogP contribution in [0, 0.1) is 5.41 Å².